The molecule has 0 aromatic heterocycles. The summed E-state index contributed by atoms with van der Waals surface area (Å²) in [6, 6.07) is 5.77. The molecule has 0 atom stereocenters. The maximum absolute atomic E-state index is 12.1. The van der Waals surface area contributed by atoms with Crippen molar-refractivity contribution in [2.45, 2.75) is 4.90 Å². The lowest BCUT2D eigenvalue weighted by molar-refractivity contribution is 0.0730. The Bertz CT molecular complexity index is 715. The molecule has 1 heterocycles. The molecule has 1 aromatic carbocycles. The third-order valence-electron chi connectivity index (χ3n) is 3.12. The molecule has 0 bridgehead atoms. The highest BCUT2D eigenvalue weighted by Crippen LogP contribution is 2.15. The molecule has 1 aromatic rings. The van der Waals surface area contributed by atoms with E-state index in [4.69, 9.17) is 16.3 Å². The fourth-order valence-electron chi connectivity index (χ4n) is 1.98. The molecule has 0 spiro atoms. The van der Waals surface area contributed by atoms with E-state index in [9.17, 15) is 16.8 Å². The van der Waals surface area contributed by atoms with Gasteiger partial charge in [-0.25, -0.2) is 21.6 Å². The predicted octanol–water partition coefficient (Wildman–Crippen LogP) is 0.280. The SMILES string of the molecule is O=S(=O)(NCCS(=O)(=O)N1CCOCC1)c1cccc(Cl)c1. The number of morpholine rings is 1. The van der Waals surface area contributed by atoms with Crippen molar-refractivity contribution >= 4 is 31.6 Å². The normalized spacial score (nSPS) is 17.5. The molecule has 1 saturated heterocycles. The van der Waals surface area contributed by atoms with Crippen molar-refractivity contribution in [2.75, 3.05) is 38.6 Å². The number of sulfonamides is 2. The number of nitrogens with zero attached hydrogens (tertiary/aromatic N) is 1. The molecule has 0 aliphatic carbocycles. The highest BCUT2D eigenvalue weighted by Gasteiger charge is 2.24. The third kappa shape index (κ3) is 4.64. The first kappa shape index (κ1) is 17.6. The summed E-state index contributed by atoms with van der Waals surface area (Å²) < 4.78 is 56.9. The van der Waals surface area contributed by atoms with Gasteiger partial charge < -0.3 is 4.74 Å². The van der Waals surface area contributed by atoms with Gasteiger partial charge in [-0.1, -0.05) is 17.7 Å². The van der Waals surface area contributed by atoms with E-state index in [-0.39, 0.29) is 17.2 Å². The summed E-state index contributed by atoms with van der Waals surface area (Å²) in [4.78, 5) is 0.00349. The smallest absolute Gasteiger partial charge is 0.240 e. The van der Waals surface area contributed by atoms with E-state index in [1.54, 1.807) is 6.07 Å². The molecule has 0 saturated carbocycles. The zero-order valence-electron chi connectivity index (χ0n) is 11.7. The van der Waals surface area contributed by atoms with Gasteiger partial charge in [-0.2, -0.15) is 4.31 Å². The molecule has 1 aliphatic heterocycles. The van der Waals surface area contributed by atoms with Gasteiger partial charge in [-0.3, -0.25) is 0 Å². The molecule has 1 fully saturated rings. The van der Waals surface area contributed by atoms with Crippen LogP contribution in [0.1, 0.15) is 0 Å². The number of hydrogen-bond acceptors (Lipinski definition) is 5. The van der Waals surface area contributed by atoms with Gasteiger partial charge in [0.1, 0.15) is 0 Å². The Morgan fingerprint density at radius 3 is 2.50 bits per heavy atom. The number of ether oxygens (including phenoxy) is 1. The Hall–Kier alpha value is -0.710. The summed E-state index contributed by atoms with van der Waals surface area (Å²) in [7, 11) is -7.27. The molecule has 0 amide bonds. The van der Waals surface area contributed by atoms with Crippen LogP contribution in [0.4, 0.5) is 0 Å². The Morgan fingerprint density at radius 1 is 1.18 bits per heavy atom. The minimum absolute atomic E-state index is 0.00349. The highest BCUT2D eigenvalue weighted by molar-refractivity contribution is 7.90. The van der Waals surface area contributed by atoms with Crippen LogP contribution in [0.2, 0.25) is 5.02 Å². The van der Waals surface area contributed by atoms with E-state index in [0.717, 1.165) is 0 Å². The lowest BCUT2D eigenvalue weighted by Crippen LogP contribution is -2.43. The number of nitrogens with one attached hydrogen (secondary N) is 1. The third-order valence-corrected chi connectivity index (χ3v) is 6.69. The molecule has 1 aliphatic rings. The minimum atomic E-state index is -3.78. The first-order valence-corrected chi connectivity index (χ1v) is 10.1. The van der Waals surface area contributed by atoms with E-state index in [0.29, 0.717) is 31.3 Å². The van der Waals surface area contributed by atoms with E-state index >= 15 is 0 Å². The summed E-state index contributed by atoms with van der Waals surface area (Å²) in [5, 5.41) is 0.295. The molecule has 0 unspecified atom stereocenters. The zero-order valence-corrected chi connectivity index (χ0v) is 14.1. The molecule has 1 N–H and O–H groups in total. The average molecular weight is 369 g/mol. The van der Waals surface area contributed by atoms with Gasteiger partial charge in [0.2, 0.25) is 20.0 Å². The van der Waals surface area contributed by atoms with Crippen molar-refractivity contribution in [3.8, 4) is 0 Å². The average Bonchev–Trinajstić information content (AvgIpc) is 2.48. The fourth-order valence-corrected chi connectivity index (χ4v) is 4.76. The minimum Gasteiger partial charge on any atom is -0.379 e. The largest absolute Gasteiger partial charge is 0.379 e. The molecule has 0 radical (unpaired) electrons. The first-order chi connectivity index (χ1) is 10.3. The number of halogens is 1. The van der Waals surface area contributed by atoms with Crippen LogP contribution < -0.4 is 4.72 Å². The summed E-state index contributed by atoms with van der Waals surface area (Å²) >= 11 is 5.75. The van der Waals surface area contributed by atoms with Crippen LogP contribution in [0, 0.1) is 0 Å². The van der Waals surface area contributed by atoms with Crippen molar-refractivity contribution in [3.63, 3.8) is 0 Å². The lowest BCUT2D eigenvalue weighted by atomic mass is 10.4. The van der Waals surface area contributed by atoms with Crippen molar-refractivity contribution in [1.82, 2.24) is 9.03 Å². The summed E-state index contributed by atoms with van der Waals surface area (Å²) in [5.41, 5.74) is 0. The summed E-state index contributed by atoms with van der Waals surface area (Å²) in [5.74, 6) is -0.299. The van der Waals surface area contributed by atoms with Gasteiger partial charge in [-0.05, 0) is 18.2 Å². The van der Waals surface area contributed by atoms with Gasteiger partial charge in [0.15, 0.2) is 0 Å². The predicted molar refractivity (Wildman–Crippen MR) is 82.8 cm³/mol. The van der Waals surface area contributed by atoms with E-state index in [1.165, 1.54) is 22.5 Å². The second-order valence-corrected chi connectivity index (χ2v) is 8.97. The summed E-state index contributed by atoms with van der Waals surface area (Å²) in [6.07, 6.45) is 0. The molecule has 2 rings (SSSR count). The Morgan fingerprint density at radius 2 is 1.86 bits per heavy atom. The second kappa shape index (κ2) is 7.24. The van der Waals surface area contributed by atoms with Crippen molar-refractivity contribution in [2.24, 2.45) is 0 Å². The van der Waals surface area contributed by atoms with Crippen LogP contribution in [-0.2, 0) is 24.8 Å². The van der Waals surface area contributed by atoms with Crippen LogP contribution in [0.3, 0.4) is 0 Å². The van der Waals surface area contributed by atoms with Crippen LogP contribution >= 0.6 is 11.6 Å². The monoisotopic (exact) mass is 368 g/mol. The fraction of sp³-hybridized carbons (Fsp3) is 0.500. The topological polar surface area (TPSA) is 92.8 Å². The van der Waals surface area contributed by atoms with Gasteiger partial charge >= 0.3 is 0 Å². The molecule has 7 nitrogen and oxygen atoms in total. The van der Waals surface area contributed by atoms with Gasteiger partial charge in [0.05, 0.1) is 23.9 Å². The molecule has 124 valence electrons. The number of hydrogen-bond donors (Lipinski definition) is 1. The maximum atomic E-state index is 12.1. The zero-order chi connectivity index (χ0) is 16.2. The molecular weight excluding hydrogens is 352 g/mol. The van der Waals surface area contributed by atoms with E-state index in [1.807, 2.05) is 0 Å². The van der Waals surface area contributed by atoms with Gasteiger partial charge in [-0.15, -0.1) is 0 Å². The van der Waals surface area contributed by atoms with Crippen LogP contribution in [0.5, 0.6) is 0 Å². The van der Waals surface area contributed by atoms with Gasteiger partial charge in [0.25, 0.3) is 0 Å². The van der Waals surface area contributed by atoms with Crippen molar-refractivity contribution in [3.05, 3.63) is 29.3 Å². The molecular formula is C12H17ClN2O5S2. The van der Waals surface area contributed by atoms with E-state index < -0.39 is 20.0 Å². The van der Waals surface area contributed by atoms with Crippen LogP contribution in [0.25, 0.3) is 0 Å². The Balaban J connectivity index is 1.95. The Labute approximate surface area is 135 Å². The quantitative estimate of drug-likeness (QED) is 0.778. The van der Waals surface area contributed by atoms with E-state index in [2.05, 4.69) is 4.72 Å². The number of benzene rings is 1. The van der Waals surface area contributed by atoms with Crippen molar-refractivity contribution < 1.29 is 21.6 Å². The molecule has 10 heteroatoms. The molecule has 22 heavy (non-hydrogen) atoms. The first-order valence-electron chi connectivity index (χ1n) is 6.62. The highest BCUT2D eigenvalue weighted by atomic mass is 35.5. The lowest BCUT2D eigenvalue weighted by Gasteiger charge is -2.26. The Kier molecular flexibility index (Phi) is 5.81. The summed E-state index contributed by atoms with van der Waals surface area (Å²) in [6.45, 7) is 1.10. The standard InChI is InChI=1S/C12H17ClN2O5S2/c13-11-2-1-3-12(10-11)22(18,19)14-4-9-21(16,17)15-5-7-20-8-6-15/h1-3,10,14H,4-9H2. The number of rotatable bonds is 6. The van der Waals surface area contributed by atoms with Gasteiger partial charge in [0, 0.05) is 24.7 Å². The second-order valence-electron chi connectivity index (χ2n) is 4.68. The van der Waals surface area contributed by atoms with Crippen LogP contribution in [0.15, 0.2) is 29.2 Å². The maximum Gasteiger partial charge on any atom is 0.240 e. The van der Waals surface area contributed by atoms with Crippen molar-refractivity contribution in [1.29, 1.82) is 0 Å². The van der Waals surface area contributed by atoms with Crippen LogP contribution in [-0.4, -0.2) is 59.7 Å².